The Morgan fingerprint density at radius 2 is 1.96 bits per heavy atom. The van der Waals surface area contributed by atoms with Crippen LogP contribution in [0.15, 0.2) is 30.9 Å². The molecule has 3 aliphatic rings. The molecule has 3 aliphatic heterocycles. The molecular weight excluding hydrogens is 328 g/mol. The summed E-state index contributed by atoms with van der Waals surface area (Å²) in [5.41, 5.74) is 0. The van der Waals surface area contributed by atoms with Crippen LogP contribution < -0.4 is 4.90 Å². The maximum atomic E-state index is 12.8. The molecule has 26 heavy (non-hydrogen) atoms. The maximum absolute atomic E-state index is 12.8. The second-order valence-corrected chi connectivity index (χ2v) is 7.37. The molecule has 2 bridgehead atoms. The number of anilines is 1. The monoisotopic (exact) mass is 354 g/mol. The van der Waals surface area contributed by atoms with Gasteiger partial charge in [-0.2, -0.15) is 0 Å². The van der Waals surface area contributed by atoms with Crippen LogP contribution in [0.4, 0.5) is 5.95 Å². The molecule has 138 valence electrons. The van der Waals surface area contributed by atoms with Crippen LogP contribution in [-0.4, -0.2) is 56.0 Å². The Labute approximate surface area is 154 Å². The van der Waals surface area contributed by atoms with Crippen molar-refractivity contribution < 1.29 is 4.79 Å². The molecule has 2 aromatic heterocycles. The Hall–Kier alpha value is -2.44. The smallest absolute Gasteiger partial charge is 0.225 e. The first-order chi connectivity index (χ1) is 12.7. The first-order valence-corrected chi connectivity index (χ1v) is 9.50. The number of fused-ring (bicyclic) bond motifs is 4. The summed E-state index contributed by atoms with van der Waals surface area (Å²) in [5, 5.41) is 0. The number of rotatable bonds is 5. The Kier molecular flexibility index (Phi) is 4.86. The van der Waals surface area contributed by atoms with Gasteiger partial charge in [0.05, 0.1) is 0 Å². The SMILES string of the molecule is Cc1nccn1CCCC(=O)N1CC2CCC1CN(c1ncccn1)C2. The van der Waals surface area contributed by atoms with Gasteiger partial charge in [0.25, 0.3) is 0 Å². The molecule has 7 nitrogen and oxygen atoms in total. The van der Waals surface area contributed by atoms with E-state index in [1.54, 1.807) is 12.4 Å². The van der Waals surface area contributed by atoms with E-state index >= 15 is 0 Å². The summed E-state index contributed by atoms with van der Waals surface area (Å²) in [4.78, 5) is 30.3. The fourth-order valence-corrected chi connectivity index (χ4v) is 4.19. The Morgan fingerprint density at radius 3 is 2.73 bits per heavy atom. The van der Waals surface area contributed by atoms with Crippen LogP contribution in [0.1, 0.15) is 31.5 Å². The molecule has 5 heterocycles. The van der Waals surface area contributed by atoms with Crippen LogP contribution in [0.3, 0.4) is 0 Å². The van der Waals surface area contributed by atoms with Crippen molar-refractivity contribution in [2.24, 2.45) is 5.92 Å². The van der Waals surface area contributed by atoms with Gasteiger partial charge in [0.15, 0.2) is 0 Å². The fourth-order valence-electron chi connectivity index (χ4n) is 4.19. The largest absolute Gasteiger partial charge is 0.338 e. The lowest BCUT2D eigenvalue weighted by Gasteiger charge is -2.36. The molecule has 7 heteroatoms. The number of hydrogen-bond acceptors (Lipinski definition) is 5. The minimum absolute atomic E-state index is 0.278. The van der Waals surface area contributed by atoms with Gasteiger partial charge >= 0.3 is 0 Å². The van der Waals surface area contributed by atoms with Crippen LogP contribution >= 0.6 is 0 Å². The van der Waals surface area contributed by atoms with Crippen LogP contribution in [0, 0.1) is 12.8 Å². The van der Waals surface area contributed by atoms with Crippen LogP contribution in [0.2, 0.25) is 0 Å². The Morgan fingerprint density at radius 1 is 1.12 bits per heavy atom. The van der Waals surface area contributed by atoms with Gasteiger partial charge < -0.3 is 14.4 Å². The minimum atomic E-state index is 0.278. The van der Waals surface area contributed by atoms with E-state index in [4.69, 9.17) is 0 Å². The van der Waals surface area contributed by atoms with Crippen LogP contribution in [0.5, 0.6) is 0 Å². The third-order valence-corrected chi connectivity index (χ3v) is 5.58. The third-order valence-electron chi connectivity index (χ3n) is 5.58. The maximum Gasteiger partial charge on any atom is 0.225 e. The molecule has 5 rings (SSSR count). The van der Waals surface area contributed by atoms with E-state index < -0.39 is 0 Å². The molecule has 2 unspecified atom stereocenters. The lowest BCUT2D eigenvalue weighted by atomic mass is 9.94. The van der Waals surface area contributed by atoms with Crippen molar-refractivity contribution >= 4 is 11.9 Å². The summed E-state index contributed by atoms with van der Waals surface area (Å²) >= 11 is 0. The Bertz CT molecular complexity index is 745. The van der Waals surface area contributed by atoms with Crippen molar-refractivity contribution in [3.63, 3.8) is 0 Å². The minimum Gasteiger partial charge on any atom is -0.338 e. The predicted molar refractivity (Wildman–Crippen MR) is 98.7 cm³/mol. The fraction of sp³-hybridized carbons (Fsp3) is 0.579. The van der Waals surface area contributed by atoms with Gasteiger partial charge in [0, 0.05) is 63.4 Å². The van der Waals surface area contributed by atoms with Gasteiger partial charge in [-0.1, -0.05) is 0 Å². The van der Waals surface area contributed by atoms with Crippen LogP contribution in [-0.2, 0) is 11.3 Å². The first-order valence-electron chi connectivity index (χ1n) is 9.50. The molecule has 3 saturated heterocycles. The number of nitrogens with zero attached hydrogens (tertiary/aromatic N) is 6. The highest BCUT2D eigenvalue weighted by Gasteiger charge is 2.37. The summed E-state index contributed by atoms with van der Waals surface area (Å²) in [5.74, 6) is 2.59. The first kappa shape index (κ1) is 17.0. The number of amides is 1. The number of hydrogen-bond donors (Lipinski definition) is 0. The summed E-state index contributed by atoms with van der Waals surface area (Å²) in [6.07, 6.45) is 11.1. The standard InChI is InChI=1S/C19H26N6O/c1-15-20-9-11-23(15)10-2-4-18(26)25-13-16-5-6-17(25)14-24(12-16)19-21-7-3-8-22-19/h3,7-9,11,16-17H,2,4-6,10,12-14H2,1H3. The molecule has 0 aliphatic carbocycles. The number of aryl methyl sites for hydroxylation is 2. The van der Waals surface area contributed by atoms with Gasteiger partial charge in [-0.15, -0.1) is 0 Å². The molecule has 0 radical (unpaired) electrons. The van der Waals surface area contributed by atoms with E-state index in [9.17, 15) is 4.79 Å². The number of piperidine rings is 1. The highest BCUT2D eigenvalue weighted by molar-refractivity contribution is 5.76. The summed E-state index contributed by atoms with van der Waals surface area (Å²) in [7, 11) is 0. The molecule has 2 aromatic rings. The van der Waals surface area contributed by atoms with Crippen molar-refractivity contribution in [1.82, 2.24) is 24.4 Å². The second kappa shape index (κ2) is 7.43. The highest BCUT2D eigenvalue weighted by atomic mass is 16.2. The number of carbonyl (C=O) groups is 1. The van der Waals surface area contributed by atoms with Crippen molar-refractivity contribution in [3.05, 3.63) is 36.7 Å². The number of aromatic nitrogens is 4. The summed E-state index contributed by atoms with van der Waals surface area (Å²) in [6, 6.07) is 2.12. The van der Waals surface area contributed by atoms with Crippen LogP contribution in [0.25, 0.3) is 0 Å². The molecule has 1 amide bonds. The molecule has 2 atom stereocenters. The molecular formula is C19H26N6O. The molecule has 0 saturated carbocycles. The summed E-state index contributed by atoms with van der Waals surface area (Å²) < 4.78 is 2.11. The second-order valence-electron chi connectivity index (χ2n) is 7.37. The quantitative estimate of drug-likeness (QED) is 0.820. The van der Waals surface area contributed by atoms with E-state index in [2.05, 4.69) is 29.3 Å². The zero-order valence-electron chi connectivity index (χ0n) is 15.3. The molecule has 3 fully saturated rings. The highest BCUT2D eigenvalue weighted by Crippen LogP contribution is 2.30. The Balaban J connectivity index is 1.37. The number of imidazole rings is 1. The van der Waals surface area contributed by atoms with Crippen molar-refractivity contribution in [3.8, 4) is 0 Å². The molecule has 0 N–H and O–H groups in total. The van der Waals surface area contributed by atoms with Gasteiger partial charge in [-0.05, 0) is 38.2 Å². The van der Waals surface area contributed by atoms with E-state index in [0.29, 0.717) is 12.3 Å². The predicted octanol–water partition coefficient (Wildman–Crippen LogP) is 1.89. The summed E-state index contributed by atoms with van der Waals surface area (Å²) in [6.45, 7) is 5.50. The van der Waals surface area contributed by atoms with Crippen molar-refractivity contribution in [2.75, 3.05) is 24.5 Å². The average Bonchev–Trinajstić information content (AvgIpc) is 2.88. The van der Waals surface area contributed by atoms with E-state index in [1.807, 2.05) is 25.4 Å². The van der Waals surface area contributed by atoms with Gasteiger partial charge in [0.1, 0.15) is 5.82 Å². The van der Waals surface area contributed by atoms with Gasteiger partial charge in [-0.3, -0.25) is 4.79 Å². The van der Waals surface area contributed by atoms with Gasteiger partial charge in [0.2, 0.25) is 11.9 Å². The van der Waals surface area contributed by atoms with E-state index in [0.717, 1.165) is 50.8 Å². The number of carbonyl (C=O) groups excluding carboxylic acids is 1. The topological polar surface area (TPSA) is 67.2 Å². The average molecular weight is 354 g/mol. The van der Waals surface area contributed by atoms with E-state index in [-0.39, 0.29) is 11.9 Å². The molecule has 0 aromatic carbocycles. The van der Waals surface area contributed by atoms with Gasteiger partial charge in [-0.25, -0.2) is 15.0 Å². The zero-order valence-corrected chi connectivity index (χ0v) is 15.3. The lowest BCUT2D eigenvalue weighted by Crippen LogP contribution is -2.47. The third kappa shape index (κ3) is 3.57. The molecule has 0 spiro atoms. The van der Waals surface area contributed by atoms with E-state index in [1.165, 1.54) is 6.42 Å². The van der Waals surface area contributed by atoms with Crippen molar-refractivity contribution in [1.29, 1.82) is 0 Å². The lowest BCUT2D eigenvalue weighted by molar-refractivity contribution is -0.135. The zero-order chi connectivity index (χ0) is 17.9. The normalized spacial score (nSPS) is 22.5. The van der Waals surface area contributed by atoms with Crippen molar-refractivity contribution in [2.45, 2.75) is 45.2 Å².